The molecule has 2 amide bonds. The van der Waals surface area contributed by atoms with Crippen LogP contribution in [0.5, 0.6) is 0 Å². The van der Waals surface area contributed by atoms with E-state index in [9.17, 15) is 9.59 Å². The Kier molecular flexibility index (Phi) is 4.48. The number of aromatic nitrogens is 1. The zero-order chi connectivity index (χ0) is 18.3. The Hall–Kier alpha value is -2.28. The average Bonchev–Trinajstić information content (AvgIpc) is 3.23. The minimum absolute atomic E-state index is 0.0155. The van der Waals surface area contributed by atoms with E-state index in [1.54, 1.807) is 4.90 Å². The molecule has 2 aromatic rings. The van der Waals surface area contributed by atoms with Crippen LogP contribution in [0, 0.1) is 13.8 Å². The van der Waals surface area contributed by atoms with Crippen LogP contribution in [-0.2, 0) is 9.59 Å². The van der Waals surface area contributed by atoms with Crippen LogP contribution in [-0.4, -0.2) is 40.7 Å². The van der Waals surface area contributed by atoms with Crippen molar-refractivity contribution in [2.45, 2.75) is 37.6 Å². The molecule has 2 aliphatic heterocycles. The van der Waals surface area contributed by atoms with Crippen molar-refractivity contribution in [2.75, 3.05) is 23.7 Å². The Morgan fingerprint density at radius 2 is 2.15 bits per heavy atom. The summed E-state index contributed by atoms with van der Waals surface area (Å²) in [5, 5.41) is 4.03. The topological polar surface area (TPSA) is 66.7 Å². The number of thioether (sulfide) groups is 1. The summed E-state index contributed by atoms with van der Waals surface area (Å²) in [7, 11) is 0. The van der Waals surface area contributed by atoms with Gasteiger partial charge in [0.05, 0.1) is 23.2 Å². The van der Waals surface area contributed by atoms with E-state index in [1.807, 2.05) is 43.0 Å². The molecule has 1 aromatic heterocycles. The van der Waals surface area contributed by atoms with E-state index in [0.29, 0.717) is 12.3 Å². The van der Waals surface area contributed by atoms with Crippen LogP contribution in [0.3, 0.4) is 0 Å². The van der Waals surface area contributed by atoms with E-state index in [2.05, 4.69) is 5.16 Å². The minimum Gasteiger partial charge on any atom is -0.361 e. The summed E-state index contributed by atoms with van der Waals surface area (Å²) >= 11 is 1.53. The molecular formula is C19H21N3O3S. The number of amides is 2. The number of hydrogen-bond acceptors (Lipinski definition) is 5. The molecule has 0 aliphatic carbocycles. The third kappa shape index (κ3) is 2.90. The number of benzene rings is 1. The number of likely N-dealkylation sites (tertiary alicyclic amines) is 1. The predicted octanol–water partition coefficient (Wildman–Crippen LogP) is 3.09. The summed E-state index contributed by atoms with van der Waals surface area (Å²) in [5.41, 5.74) is 2.68. The molecule has 1 atom stereocenters. The fourth-order valence-corrected chi connectivity index (χ4v) is 4.82. The average molecular weight is 371 g/mol. The molecule has 4 rings (SSSR count). The first-order valence-electron chi connectivity index (χ1n) is 8.80. The maximum atomic E-state index is 13.1. The molecule has 0 spiro atoms. The van der Waals surface area contributed by atoms with Crippen molar-refractivity contribution in [1.29, 1.82) is 0 Å². The number of carbonyl (C=O) groups excluding carboxylic acids is 2. The fraction of sp³-hybridized carbons (Fsp3) is 0.421. The zero-order valence-electron chi connectivity index (χ0n) is 14.9. The normalized spacial score (nSPS) is 19.8. The van der Waals surface area contributed by atoms with Crippen molar-refractivity contribution in [3.05, 3.63) is 41.3 Å². The van der Waals surface area contributed by atoms with E-state index in [4.69, 9.17) is 4.52 Å². The lowest BCUT2D eigenvalue weighted by Gasteiger charge is -2.31. The first-order chi connectivity index (χ1) is 12.6. The van der Waals surface area contributed by atoms with Crippen LogP contribution in [0.25, 0.3) is 0 Å². The first-order valence-corrected chi connectivity index (χ1v) is 9.79. The molecule has 1 aromatic carbocycles. The number of rotatable bonds is 3. The van der Waals surface area contributed by atoms with E-state index in [1.165, 1.54) is 11.8 Å². The summed E-state index contributed by atoms with van der Waals surface area (Å²) in [5.74, 6) is 1.10. The number of para-hydroxylation sites is 1. The summed E-state index contributed by atoms with van der Waals surface area (Å²) in [4.78, 5) is 30.1. The van der Waals surface area contributed by atoms with Crippen molar-refractivity contribution < 1.29 is 14.1 Å². The number of hydrogen-bond donors (Lipinski definition) is 0. The molecule has 0 saturated carbocycles. The van der Waals surface area contributed by atoms with Gasteiger partial charge < -0.3 is 14.3 Å². The van der Waals surface area contributed by atoms with Gasteiger partial charge in [0, 0.05) is 17.0 Å². The van der Waals surface area contributed by atoms with Gasteiger partial charge in [-0.25, -0.2) is 0 Å². The molecule has 6 nitrogen and oxygen atoms in total. The Labute approximate surface area is 156 Å². The van der Waals surface area contributed by atoms with Crippen molar-refractivity contribution >= 4 is 29.3 Å². The van der Waals surface area contributed by atoms with Gasteiger partial charge in [-0.05, 0) is 38.8 Å². The maximum absolute atomic E-state index is 13.1. The molecule has 136 valence electrons. The lowest BCUT2D eigenvalue weighted by Crippen LogP contribution is -2.44. The fourth-order valence-electron chi connectivity index (χ4n) is 3.88. The molecule has 1 fully saturated rings. The molecule has 26 heavy (non-hydrogen) atoms. The summed E-state index contributed by atoms with van der Waals surface area (Å²) in [6, 6.07) is 7.74. The first kappa shape index (κ1) is 17.1. The highest BCUT2D eigenvalue weighted by Crippen LogP contribution is 2.37. The molecule has 0 N–H and O–H groups in total. The van der Waals surface area contributed by atoms with Gasteiger partial charge in [0.25, 0.3) is 0 Å². The maximum Gasteiger partial charge on any atom is 0.243 e. The molecule has 0 radical (unpaired) electrons. The van der Waals surface area contributed by atoms with Crippen molar-refractivity contribution in [3.8, 4) is 0 Å². The second kappa shape index (κ2) is 6.79. The van der Waals surface area contributed by atoms with Crippen LogP contribution >= 0.6 is 11.8 Å². The number of fused-ring (bicyclic) bond motifs is 1. The molecule has 0 unspecified atom stereocenters. The number of aryl methyl sites for hydroxylation is 2. The van der Waals surface area contributed by atoms with Crippen molar-refractivity contribution in [2.24, 2.45) is 0 Å². The Balaban J connectivity index is 1.57. The van der Waals surface area contributed by atoms with Crippen LogP contribution < -0.4 is 4.90 Å². The highest BCUT2D eigenvalue weighted by molar-refractivity contribution is 8.00. The highest BCUT2D eigenvalue weighted by Gasteiger charge is 2.36. The molecular weight excluding hydrogens is 350 g/mol. The summed E-state index contributed by atoms with van der Waals surface area (Å²) in [6.45, 7) is 4.58. The molecule has 7 heteroatoms. The quantitative estimate of drug-likeness (QED) is 0.829. The van der Waals surface area contributed by atoms with Crippen molar-refractivity contribution in [3.63, 3.8) is 0 Å². The Bertz CT molecular complexity index is 844. The van der Waals surface area contributed by atoms with Gasteiger partial charge in [-0.3, -0.25) is 9.59 Å². The van der Waals surface area contributed by atoms with Gasteiger partial charge in [0.2, 0.25) is 11.8 Å². The second-order valence-electron chi connectivity index (χ2n) is 6.72. The smallest absolute Gasteiger partial charge is 0.243 e. The van der Waals surface area contributed by atoms with Gasteiger partial charge in [-0.1, -0.05) is 17.3 Å². The van der Waals surface area contributed by atoms with Crippen LogP contribution in [0.1, 0.15) is 35.9 Å². The van der Waals surface area contributed by atoms with Gasteiger partial charge in [0.15, 0.2) is 0 Å². The molecule has 1 saturated heterocycles. The third-order valence-corrected chi connectivity index (χ3v) is 6.14. The largest absolute Gasteiger partial charge is 0.361 e. The van der Waals surface area contributed by atoms with E-state index in [-0.39, 0.29) is 24.4 Å². The van der Waals surface area contributed by atoms with E-state index in [0.717, 1.165) is 40.4 Å². The molecule has 2 aliphatic rings. The van der Waals surface area contributed by atoms with Crippen LogP contribution in [0.2, 0.25) is 0 Å². The van der Waals surface area contributed by atoms with Crippen molar-refractivity contribution in [1.82, 2.24) is 10.1 Å². The predicted molar refractivity (Wildman–Crippen MR) is 99.2 cm³/mol. The van der Waals surface area contributed by atoms with Gasteiger partial charge in [-0.15, -0.1) is 11.8 Å². The van der Waals surface area contributed by atoms with Gasteiger partial charge in [-0.2, -0.15) is 0 Å². The zero-order valence-corrected chi connectivity index (χ0v) is 15.7. The summed E-state index contributed by atoms with van der Waals surface area (Å²) < 4.78 is 5.29. The van der Waals surface area contributed by atoms with Gasteiger partial charge in [0.1, 0.15) is 12.3 Å². The second-order valence-corrected chi connectivity index (χ2v) is 7.74. The van der Waals surface area contributed by atoms with E-state index >= 15 is 0 Å². The Morgan fingerprint density at radius 3 is 2.92 bits per heavy atom. The molecule has 3 heterocycles. The highest BCUT2D eigenvalue weighted by atomic mass is 32.2. The monoisotopic (exact) mass is 371 g/mol. The number of anilines is 1. The standard InChI is InChI=1S/C19H21N3O3S/c1-12-19(13(2)25-20-12)15-7-5-9-21(15)17(23)10-22-14-6-3-4-8-16(14)26-11-18(22)24/h3-4,6,8,15H,5,7,9-11H2,1-2H3/t15-/m1/s1. The minimum atomic E-state index is -0.0254. The lowest BCUT2D eigenvalue weighted by molar-refractivity contribution is -0.132. The van der Waals surface area contributed by atoms with Crippen LogP contribution in [0.15, 0.2) is 33.7 Å². The third-order valence-electron chi connectivity index (χ3n) is 5.10. The lowest BCUT2D eigenvalue weighted by atomic mass is 10.0. The van der Waals surface area contributed by atoms with Crippen LogP contribution in [0.4, 0.5) is 5.69 Å². The summed E-state index contributed by atoms with van der Waals surface area (Å²) in [6.07, 6.45) is 1.84. The number of carbonyl (C=O) groups is 2. The van der Waals surface area contributed by atoms with Gasteiger partial charge >= 0.3 is 0 Å². The Morgan fingerprint density at radius 1 is 1.35 bits per heavy atom. The number of nitrogens with zero attached hydrogens (tertiary/aromatic N) is 3. The van der Waals surface area contributed by atoms with E-state index < -0.39 is 0 Å². The SMILES string of the molecule is Cc1noc(C)c1[C@H]1CCCN1C(=O)CN1C(=O)CSc2ccccc21. The molecule has 0 bridgehead atoms.